The largest absolute Gasteiger partial charge is 0.354 e. The fraction of sp³-hybridized carbons (Fsp3) is 0.0500. The zero-order valence-electron chi connectivity index (χ0n) is 13.7. The highest BCUT2D eigenvalue weighted by atomic mass is 16.1. The highest BCUT2D eigenvalue weighted by molar-refractivity contribution is 6.02. The third kappa shape index (κ3) is 3.48. The van der Waals surface area contributed by atoms with E-state index in [0.29, 0.717) is 16.9 Å². The van der Waals surface area contributed by atoms with E-state index in [-0.39, 0.29) is 5.91 Å². The lowest BCUT2D eigenvalue weighted by atomic mass is 10.1. The molecule has 3 aromatic rings. The third-order valence-corrected chi connectivity index (χ3v) is 3.73. The molecule has 2 N–H and O–H groups in total. The SMILES string of the molecule is C=CC(=O)Nc1ccc2ncc(C#N)c(Nc3cccc(C)c3)c2c1. The van der Waals surface area contributed by atoms with Crippen molar-refractivity contribution in [3.63, 3.8) is 0 Å². The molecule has 0 saturated heterocycles. The van der Waals surface area contributed by atoms with E-state index < -0.39 is 0 Å². The van der Waals surface area contributed by atoms with Crippen molar-refractivity contribution in [1.82, 2.24) is 4.98 Å². The molecule has 0 aliphatic heterocycles. The molecule has 2 aromatic carbocycles. The summed E-state index contributed by atoms with van der Waals surface area (Å²) in [7, 11) is 0. The van der Waals surface area contributed by atoms with Crippen molar-refractivity contribution < 1.29 is 4.79 Å². The maximum absolute atomic E-state index is 11.5. The minimum Gasteiger partial charge on any atom is -0.354 e. The first-order valence-electron chi connectivity index (χ1n) is 7.70. The monoisotopic (exact) mass is 328 g/mol. The Hall–Kier alpha value is -3.65. The smallest absolute Gasteiger partial charge is 0.247 e. The number of carbonyl (C=O) groups excluding carboxylic acids is 1. The second-order valence-electron chi connectivity index (χ2n) is 5.58. The Morgan fingerprint density at radius 2 is 2.08 bits per heavy atom. The summed E-state index contributed by atoms with van der Waals surface area (Å²) in [4.78, 5) is 15.9. The molecule has 3 rings (SSSR count). The lowest BCUT2D eigenvalue weighted by Crippen LogP contribution is -2.07. The number of nitrogens with zero attached hydrogens (tertiary/aromatic N) is 2. The summed E-state index contributed by atoms with van der Waals surface area (Å²) in [6.45, 7) is 5.45. The molecule has 0 spiro atoms. The van der Waals surface area contributed by atoms with Gasteiger partial charge in [0.2, 0.25) is 5.91 Å². The molecule has 5 heteroatoms. The molecule has 5 nitrogen and oxygen atoms in total. The number of hydrogen-bond acceptors (Lipinski definition) is 4. The van der Waals surface area contributed by atoms with Gasteiger partial charge in [0, 0.05) is 23.0 Å². The van der Waals surface area contributed by atoms with Gasteiger partial charge < -0.3 is 10.6 Å². The molecule has 0 saturated carbocycles. The Morgan fingerprint density at radius 1 is 1.24 bits per heavy atom. The maximum atomic E-state index is 11.5. The lowest BCUT2D eigenvalue weighted by Gasteiger charge is -2.13. The van der Waals surface area contributed by atoms with Crippen LogP contribution in [0, 0.1) is 18.3 Å². The Balaban J connectivity index is 2.13. The first kappa shape index (κ1) is 16.2. The molecule has 0 aliphatic rings. The van der Waals surface area contributed by atoms with E-state index in [2.05, 4.69) is 28.3 Å². The molecule has 0 aliphatic carbocycles. The second kappa shape index (κ2) is 6.85. The second-order valence-corrected chi connectivity index (χ2v) is 5.58. The standard InChI is InChI=1S/C20H16N4O/c1-3-19(25)23-16-7-8-18-17(10-16)20(14(11-21)12-22-18)24-15-6-4-5-13(2)9-15/h3-10,12H,1H2,2H3,(H,22,24)(H,23,25). The summed E-state index contributed by atoms with van der Waals surface area (Å²) >= 11 is 0. The van der Waals surface area contributed by atoms with Crippen LogP contribution in [0.25, 0.3) is 10.9 Å². The number of aryl methyl sites for hydroxylation is 1. The van der Waals surface area contributed by atoms with E-state index in [1.165, 1.54) is 6.08 Å². The van der Waals surface area contributed by atoms with Crippen LogP contribution in [0.4, 0.5) is 17.1 Å². The van der Waals surface area contributed by atoms with E-state index in [0.717, 1.165) is 22.2 Å². The number of anilines is 3. The molecule has 0 atom stereocenters. The first-order valence-corrected chi connectivity index (χ1v) is 7.70. The Kier molecular flexibility index (Phi) is 4.44. The minimum absolute atomic E-state index is 0.294. The topological polar surface area (TPSA) is 77.8 Å². The number of rotatable bonds is 4. The molecule has 0 radical (unpaired) electrons. The molecule has 1 heterocycles. The summed E-state index contributed by atoms with van der Waals surface area (Å²) in [5, 5.41) is 16.2. The van der Waals surface area contributed by atoms with Crippen molar-refractivity contribution >= 4 is 33.9 Å². The predicted octanol–water partition coefficient (Wildman–Crippen LogP) is 4.28. The summed E-state index contributed by atoms with van der Waals surface area (Å²) in [5.41, 5.74) is 4.42. The van der Waals surface area contributed by atoms with E-state index in [1.54, 1.807) is 24.4 Å². The molecule has 0 bridgehead atoms. The van der Waals surface area contributed by atoms with Gasteiger partial charge in [0.15, 0.2) is 0 Å². The van der Waals surface area contributed by atoms with Gasteiger partial charge in [0.25, 0.3) is 0 Å². The van der Waals surface area contributed by atoms with Gasteiger partial charge in [-0.15, -0.1) is 0 Å². The van der Waals surface area contributed by atoms with E-state index in [9.17, 15) is 10.1 Å². The van der Waals surface area contributed by atoms with Crippen molar-refractivity contribution in [3.8, 4) is 6.07 Å². The molecular weight excluding hydrogens is 312 g/mol. The Morgan fingerprint density at radius 3 is 2.80 bits per heavy atom. The van der Waals surface area contributed by atoms with E-state index >= 15 is 0 Å². The summed E-state index contributed by atoms with van der Waals surface area (Å²) in [6.07, 6.45) is 2.75. The van der Waals surface area contributed by atoms with Gasteiger partial charge in [-0.05, 0) is 48.9 Å². The van der Waals surface area contributed by atoms with Gasteiger partial charge in [-0.2, -0.15) is 5.26 Å². The Labute approximate surface area is 145 Å². The highest BCUT2D eigenvalue weighted by Crippen LogP contribution is 2.31. The van der Waals surface area contributed by atoms with Crippen molar-refractivity contribution in [3.05, 3.63) is 72.4 Å². The number of hydrogen-bond donors (Lipinski definition) is 2. The Bertz CT molecular complexity index is 1020. The molecule has 25 heavy (non-hydrogen) atoms. The predicted molar refractivity (Wildman–Crippen MR) is 99.7 cm³/mol. The van der Waals surface area contributed by atoms with Crippen LogP contribution < -0.4 is 10.6 Å². The molecule has 1 aromatic heterocycles. The first-order chi connectivity index (χ1) is 12.1. The summed E-state index contributed by atoms with van der Waals surface area (Å²) in [6, 6.07) is 15.4. The van der Waals surface area contributed by atoms with Crippen LogP contribution in [-0.4, -0.2) is 10.9 Å². The van der Waals surface area contributed by atoms with Crippen molar-refractivity contribution in [2.24, 2.45) is 0 Å². The molecule has 1 amide bonds. The average molecular weight is 328 g/mol. The lowest BCUT2D eigenvalue weighted by molar-refractivity contribution is -0.111. The van der Waals surface area contributed by atoms with Crippen LogP contribution in [0.2, 0.25) is 0 Å². The number of nitrogens with one attached hydrogen (secondary N) is 2. The van der Waals surface area contributed by atoms with Gasteiger partial charge >= 0.3 is 0 Å². The number of nitriles is 1. The van der Waals surface area contributed by atoms with Crippen molar-refractivity contribution in [2.75, 3.05) is 10.6 Å². The van der Waals surface area contributed by atoms with E-state index in [4.69, 9.17) is 0 Å². The average Bonchev–Trinajstić information content (AvgIpc) is 2.62. The fourth-order valence-corrected chi connectivity index (χ4v) is 2.55. The van der Waals surface area contributed by atoms with Crippen molar-refractivity contribution in [2.45, 2.75) is 6.92 Å². The van der Waals surface area contributed by atoms with Gasteiger partial charge in [0.05, 0.1) is 16.8 Å². The number of carbonyl (C=O) groups is 1. The highest BCUT2D eigenvalue weighted by Gasteiger charge is 2.11. The van der Waals surface area contributed by atoms with Crippen molar-refractivity contribution in [1.29, 1.82) is 5.26 Å². The zero-order valence-corrected chi connectivity index (χ0v) is 13.7. The van der Waals surface area contributed by atoms with Crippen LogP contribution >= 0.6 is 0 Å². The van der Waals surface area contributed by atoms with E-state index in [1.807, 2.05) is 31.2 Å². The normalized spacial score (nSPS) is 10.1. The van der Waals surface area contributed by atoms with Gasteiger partial charge in [-0.1, -0.05) is 18.7 Å². The molecular formula is C20H16N4O. The van der Waals surface area contributed by atoms with Gasteiger partial charge in [-0.25, -0.2) is 0 Å². The number of aromatic nitrogens is 1. The molecule has 0 fully saturated rings. The van der Waals surface area contributed by atoms with Crippen LogP contribution in [-0.2, 0) is 4.79 Å². The quantitative estimate of drug-likeness (QED) is 0.701. The van der Waals surface area contributed by atoms with Gasteiger partial charge in [0.1, 0.15) is 6.07 Å². The third-order valence-electron chi connectivity index (χ3n) is 3.73. The number of pyridine rings is 1. The number of fused-ring (bicyclic) bond motifs is 1. The number of amides is 1. The van der Waals surface area contributed by atoms with Crippen LogP contribution in [0.3, 0.4) is 0 Å². The summed E-state index contributed by atoms with van der Waals surface area (Å²) < 4.78 is 0. The van der Waals surface area contributed by atoms with Gasteiger partial charge in [-0.3, -0.25) is 9.78 Å². The fourth-order valence-electron chi connectivity index (χ4n) is 2.55. The number of benzene rings is 2. The zero-order chi connectivity index (χ0) is 17.8. The van der Waals surface area contributed by atoms with Crippen LogP contribution in [0.5, 0.6) is 0 Å². The molecule has 122 valence electrons. The van der Waals surface area contributed by atoms with Crippen LogP contribution in [0.1, 0.15) is 11.1 Å². The summed E-state index contributed by atoms with van der Waals surface area (Å²) in [5.74, 6) is -0.294. The maximum Gasteiger partial charge on any atom is 0.247 e. The minimum atomic E-state index is -0.294. The molecule has 0 unspecified atom stereocenters. The van der Waals surface area contributed by atoms with Crippen LogP contribution in [0.15, 0.2) is 61.3 Å².